The van der Waals surface area contributed by atoms with Crippen LogP contribution >= 0.6 is 0 Å². The lowest BCUT2D eigenvalue weighted by molar-refractivity contribution is 0.335. The van der Waals surface area contributed by atoms with E-state index >= 15 is 0 Å². The van der Waals surface area contributed by atoms with E-state index < -0.39 is 0 Å². The van der Waals surface area contributed by atoms with Gasteiger partial charge in [0, 0.05) is 25.1 Å². The van der Waals surface area contributed by atoms with Gasteiger partial charge < -0.3 is 10.3 Å². The number of aromatic nitrogens is 2. The molecule has 1 aliphatic carbocycles. The van der Waals surface area contributed by atoms with Crippen LogP contribution in [0, 0.1) is 5.92 Å². The van der Waals surface area contributed by atoms with Gasteiger partial charge in [0.1, 0.15) is 17.5 Å². The second-order valence-corrected chi connectivity index (χ2v) is 6.31. The van der Waals surface area contributed by atoms with Crippen LogP contribution in [0.5, 0.6) is 0 Å². The Morgan fingerprint density at radius 1 is 1.35 bits per heavy atom. The van der Waals surface area contributed by atoms with Crippen molar-refractivity contribution in [3.8, 4) is 0 Å². The lowest BCUT2D eigenvalue weighted by Crippen LogP contribution is -2.36. The van der Waals surface area contributed by atoms with E-state index in [1.54, 1.807) is 0 Å². The molecule has 0 aromatic carbocycles. The van der Waals surface area contributed by atoms with E-state index in [1.165, 1.54) is 25.7 Å². The van der Waals surface area contributed by atoms with E-state index in [1.807, 2.05) is 6.07 Å². The number of nitrogens with one attached hydrogen (secondary N) is 1. The summed E-state index contributed by atoms with van der Waals surface area (Å²) in [4.78, 5) is 11.4. The molecule has 112 valence electrons. The molecule has 2 rings (SSSR count). The van der Waals surface area contributed by atoms with Crippen LogP contribution < -0.4 is 16.2 Å². The third-order valence-corrected chi connectivity index (χ3v) is 4.21. The second kappa shape index (κ2) is 6.39. The van der Waals surface area contributed by atoms with Crippen LogP contribution in [0.15, 0.2) is 6.07 Å². The van der Waals surface area contributed by atoms with Crippen LogP contribution in [0.4, 0.5) is 11.6 Å². The highest BCUT2D eigenvalue weighted by atomic mass is 15.3. The van der Waals surface area contributed by atoms with E-state index in [-0.39, 0.29) is 0 Å². The summed E-state index contributed by atoms with van der Waals surface area (Å²) < 4.78 is 0. The van der Waals surface area contributed by atoms with Gasteiger partial charge in [0.2, 0.25) is 0 Å². The Hall–Kier alpha value is -1.36. The van der Waals surface area contributed by atoms with Gasteiger partial charge in [-0.3, -0.25) is 0 Å². The Morgan fingerprint density at radius 3 is 2.70 bits per heavy atom. The summed E-state index contributed by atoms with van der Waals surface area (Å²) in [5.41, 5.74) is 2.65. The van der Waals surface area contributed by atoms with Crippen LogP contribution in [0.25, 0.3) is 0 Å². The number of nitrogens with zero attached hydrogens (tertiary/aromatic N) is 3. The molecule has 2 atom stereocenters. The van der Waals surface area contributed by atoms with Gasteiger partial charge in [-0.15, -0.1) is 0 Å². The summed E-state index contributed by atoms with van der Waals surface area (Å²) in [5.74, 6) is 9.12. The zero-order valence-corrected chi connectivity index (χ0v) is 13.1. The summed E-state index contributed by atoms with van der Waals surface area (Å²) >= 11 is 0. The molecule has 1 aromatic rings. The fraction of sp³-hybridized carbons (Fsp3) is 0.733. The SMILES string of the molecule is CC1CCCC(N(C)c2cc(NN)nc(C(C)C)n2)C1. The first kappa shape index (κ1) is 15.0. The van der Waals surface area contributed by atoms with Gasteiger partial charge in [0.25, 0.3) is 0 Å². The monoisotopic (exact) mass is 277 g/mol. The van der Waals surface area contributed by atoms with Crippen molar-refractivity contribution >= 4 is 11.6 Å². The van der Waals surface area contributed by atoms with Crippen molar-refractivity contribution in [1.82, 2.24) is 9.97 Å². The van der Waals surface area contributed by atoms with Crippen LogP contribution in [-0.2, 0) is 0 Å². The zero-order valence-electron chi connectivity index (χ0n) is 13.1. The van der Waals surface area contributed by atoms with Crippen LogP contribution in [0.3, 0.4) is 0 Å². The average Bonchev–Trinajstić information content (AvgIpc) is 2.45. The predicted molar refractivity (Wildman–Crippen MR) is 83.8 cm³/mol. The fourth-order valence-corrected chi connectivity index (χ4v) is 2.91. The Labute approximate surface area is 121 Å². The van der Waals surface area contributed by atoms with Crippen molar-refractivity contribution in [3.63, 3.8) is 0 Å². The third-order valence-electron chi connectivity index (χ3n) is 4.21. The maximum absolute atomic E-state index is 5.53. The number of anilines is 2. The first-order valence-electron chi connectivity index (χ1n) is 7.59. The maximum atomic E-state index is 5.53. The molecular weight excluding hydrogens is 250 g/mol. The normalized spacial score (nSPS) is 22.9. The first-order chi connectivity index (χ1) is 9.51. The summed E-state index contributed by atoms with van der Waals surface area (Å²) in [6, 6.07) is 2.50. The zero-order chi connectivity index (χ0) is 14.7. The predicted octanol–water partition coefficient (Wildman–Crippen LogP) is 2.90. The quantitative estimate of drug-likeness (QED) is 0.654. The first-order valence-corrected chi connectivity index (χ1v) is 7.59. The molecule has 5 nitrogen and oxygen atoms in total. The summed E-state index contributed by atoms with van der Waals surface area (Å²) in [5, 5.41) is 0. The number of hydrogen-bond donors (Lipinski definition) is 2. The van der Waals surface area contributed by atoms with Crippen LogP contribution in [0.2, 0.25) is 0 Å². The topological polar surface area (TPSA) is 67.1 Å². The van der Waals surface area contributed by atoms with Crippen molar-refractivity contribution in [1.29, 1.82) is 0 Å². The molecule has 1 aromatic heterocycles. The highest BCUT2D eigenvalue weighted by Gasteiger charge is 2.24. The maximum Gasteiger partial charge on any atom is 0.145 e. The Morgan fingerprint density at radius 2 is 2.10 bits per heavy atom. The number of nitrogens with two attached hydrogens (primary N) is 1. The molecule has 1 fully saturated rings. The third kappa shape index (κ3) is 3.39. The molecule has 5 heteroatoms. The Bertz CT molecular complexity index is 446. The van der Waals surface area contributed by atoms with Crippen molar-refractivity contribution < 1.29 is 0 Å². The average molecular weight is 277 g/mol. The second-order valence-electron chi connectivity index (χ2n) is 6.31. The van der Waals surface area contributed by atoms with Crippen molar-refractivity contribution in [2.24, 2.45) is 11.8 Å². The number of nitrogen functional groups attached to an aromatic ring is 1. The van der Waals surface area contributed by atoms with E-state index in [9.17, 15) is 0 Å². The van der Waals surface area contributed by atoms with Gasteiger partial charge in [0.05, 0.1) is 0 Å². The minimum atomic E-state index is 0.292. The summed E-state index contributed by atoms with van der Waals surface area (Å²) in [6.45, 7) is 6.54. The van der Waals surface area contributed by atoms with Crippen molar-refractivity contribution in [2.45, 2.75) is 58.4 Å². The highest BCUT2D eigenvalue weighted by Crippen LogP contribution is 2.30. The van der Waals surface area contributed by atoms with Gasteiger partial charge >= 0.3 is 0 Å². The van der Waals surface area contributed by atoms with Crippen LogP contribution in [0.1, 0.15) is 58.2 Å². The van der Waals surface area contributed by atoms with Crippen molar-refractivity contribution in [3.05, 3.63) is 11.9 Å². The molecule has 1 heterocycles. The van der Waals surface area contributed by atoms with Crippen LogP contribution in [-0.4, -0.2) is 23.1 Å². The molecule has 0 amide bonds. The number of hydrogen-bond acceptors (Lipinski definition) is 5. The lowest BCUT2D eigenvalue weighted by Gasteiger charge is -2.35. The van der Waals surface area contributed by atoms with Gasteiger partial charge in [-0.25, -0.2) is 15.8 Å². The minimum Gasteiger partial charge on any atom is -0.357 e. The standard InChI is InChI=1S/C15H27N5/c1-10(2)15-17-13(19-16)9-14(18-15)20(4)12-7-5-6-11(3)8-12/h9-12H,5-8,16H2,1-4H3,(H,17,18,19). The molecule has 0 saturated heterocycles. The Balaban J connectivity index is 2.23. The van der Waals surface area contributed by atoms with Gasteiger partial charge in [-0.05, 0) is 18.8 Å². The largest absolute Gasteiger partial charge is 0.357 e. The smallest absolute Gasteiger partial charge is 0.145 e. The van der Waals surface area contributed by atoms with Gasteiger partial charge in [-0.2, -0.15) is 0 Å². The molecule has 20 heavy (non-hydrogen) atoms. The fourth-order valence-electron chi connectivity index (χ4n) is 2.91. The summed E-state index contributed by atoms with van der Waals surface area (Å²) in [6.07, 6.45) is 5.14. The lowest BCUT2D eigenvalue weighted by atomic mass is 9.86. The molecule has 0 radical (unpaired) electrons. The highest BCUT2D eigenvalue weighted by molar-refractivity contribution is 5.49. The molecule has 0 aliphatic heterocycles. The molecular formula is C15H27N5. The molecule has 0 bridgehead atoms. The van der Waals surface area contributed by atoms with E-state index in [0.717, 1.165) is 17.6 Å². The summed E-state index contributed by atoms with van der Waals surface area (Å²) in [7, 11) is 2.13. The number of rotatable bonds is 4. The van der Waals surface area contributed by atoms with Gasteiger partial charge in [-0.1, -0.05) is 33.6 Å². The molecule has 1 aliphatic rings. The molecule has 0 spiro atoms. The van der Waals surface area contributed by atoms with E-state index in [0.29, 0.717) is 17.8 Å². The minimum absolute atomic E-state index is 0.292. The van der Waals surface area contributed by atoms with Crippen molar-refractivity contribution in [2.75, 3.05) is 17.4 Å². The van der Waals surface area contributed by atoms with E-state index in [2.05, 4.69) is 43.1 Å². The number of hydrazine groups is 1. The molecule has 2 unspecified atom stereocenters. The van der Waals surface area contributed by atoms with E-state index in [4.69, 9.17) is 10.8 Å². The molecule has 1 saturated carbocycles. The molecule has 3 N–H and O–H groups in total. The Kier molecular flexibility index (Phi) is 4.81. The van der Waals surface area contributed by atoms with Gasteiger partial charge in [0.15, 0.2) is 0 Å².